The van der Waals surface area contributed by atoms with Gasteiger partial charge in [-0.05, 0) is 43.3 Å². The summed E-state index contributed by atoms with van der Waals surface area (Å²) in [6.07, 6.45) is 0. The predicted molar refractivity (Wildman–Crippen MR) is 98.6 cm³/mol. The van der Waals surface area contributed by atoms with Gasteiger partial charge in [0.2, 0.25) is 5.91 Å². The van der Waals surface area contributed by atoms with E-state index in [-0.39, 0.29) is 11.2 Å². The molecular formula is C18H19N3O2S. The first-order chi connectivity index (χ1) is 11.7. The van der Waals surface area contributed by atoms with Crippen molar-refractivity contribution in [1.29, 1.82) is 0 Å². The highest BCUT2D eigenvalue weighted by atomic mass is 32.2. The van der Waals surface area contributed by atoms with Crippen molar-refractivity contribution in [2.75, 3.05) is 18.2 Å². The smallest absolute Gasteiger partial charge is 0.234 e. The molecule has 6 heteroatoms. The molecule has 1 atom stereocenters. The molecule has 0 aliphatic heterocycles. The molecule has 2 aromatic carbocycles. The number of aromatic nitrogens is 2. The minimum absolute atomic E-state index is 0.0341. The molecular weight excluding hydrogens is 322 g/mol. The van der Waals surface area contributed by atoms with Crippen LogP contribution in [0.25, 0.3) is 11.0 Å². The topological polar surface area (TPSA) is 67.0 Å². The molecule has 5 nitrogen and oxygen atoms in total. The Morgan fingerprint density at radius 2 is 2.00 bits per heavy atom. The van der Waals surface area contributed by atoms with Crippen molar-refractivity contribution in [2.24, 2.45) is 0 Å². The predicted octanol–water partition coefficient (Wildman–Crippen LogP) is 4.00. The Hall–Kier alpha value is -2.47. The summed E-state index contributed by atoms with van der Waals surface area (Å²) in [7, 11) is 1.61. The molecule has 0 aliphatic carbocycles. The van der Waals surface area contributed by atoms with Crippen LogP contribution in [0.5, 0.6) is 5.75 Å². The molecule has 0 aliphatic rings. The monoisotopic (exact) mass is 341 g/mol. The number of hydrogen-bond donors (Lipinski definition) is 2. The molecule has 2 N–H and O–H groups in total. The summed E-state index contributed by atoms with van der Waals surface area (Å²) in [4.78, 5) is 20.0. The van der Waals surface area contributed by atoms with E-state index < -0.39 is 0 Å². The summed E-state index contributed by atoms with van der Waals surface area (Å²) in [5, 5.41) is 2.99. The van der Waals surface area contributed by atoms with E-state index in [1.54, 1.807) is 18.9 Å². The first kappa shape index (κ1) is 16.4. The molecule has 0 radical (unpaired) electrons. The van der Waals surface area contributed by atoms with Gasteiger partial charge in [-0.3, -0.25) is 4.79 Å². The van der Waals surface area contributed by atoms with Crippen LogP contribution in [0.3, 0.4) is 0 Å². The second kappa shape index (κ2) is 7.40. The van der Waals surface area contributed by atoms with Crippen molar-refractivity contribution >= 4 is 34.4 Å². The molecule has 24 heavy (non-hydrogen) atoms. The normalized spacial score (nSPS) is 12.1. The lowest BCUT2D eigenvalue weighted by molar-refractivity contribution is -0.113. The highest BCUT2D eigenvalue weighted by Crippen LogP contribution is 2.27. The average Bonchev–Trinajstić information content (AvgIpc) is 3.04. The molecule has 0 saturated heterocycles. The first-order valence-corrected chi connectivity index (χ1v) is 8.71. The van der Waals surface area contributed by atoms with E-state index in [1.165, 1.54) is 0 Å². The number of carbonyl (C=O) groups is 1. The first-order valence-electron chi connectivity index (χ1n) is 7.66. The minimum Gasteiger partial charge on any atom is -0.497 e. The maximum absolute atomic E-state index is 12.1. The van der Waals surface area contributed by atoms with Crippen LogP contribution in [0, 0.1) is 0 Å². The molecule has 1 aromatic heterocycles. The van der Waals surface area contributed by atoms with Crippen LogP contribution in [0.4, 0.5) is 5.69 Å². The van der Waals surface area contributed by atoms with Crippen molar-refractivity contribution in [2.45, 2.75) is 12.2 Å². The SMILES string of the molecule is COc1ccc(NC(=O)CS[C@@H](C)c2nc3ccccc3[nH]2)cc1. The molecule has 3 rings (SSSR count). The summed E-state index contributed by atoms with van der Waals surface area (Å²) in [5.74, 6) is 1.98. The van der Waals surface area contributed by atoms with Crippen LogP contribution in [0.1, 0.15) is 18.0 Å². The van der Waals surface area contributed by atoms with E-state index in [4.69, 9.17) is 4.74 Å². The van der Waals surface area contributed by atoms with Crippen LogP contribution in [-0.2, 0) is 4.79 Å². The van der Waals surface area contributed by atoms with Crippen molar-refractivity contribution in [3.8, 4) is 5.75 Å². The highest BCUT2D eigenvalue weighted by molar-refractivity contribution is 8.00. The number of amides is 1. The Balaban J connectivity index is 1.54. The molecule has 124 valence electrons. The number of fused-ring (bicyclic) bond motifs is 1. The van der Waals surface area contributed by atoms with Gasteiger partial charge in [0.05, 0.1) is 29.1 Å². The minimum atomic E-state index is -0.0341. The molecule has 1 amide bonds. The Morgan fingerprint density at radius 1 is 1.25 bits per heavy atom. The van der Waals surface area contributed by atoms with Gasteiger partial charge in [0.15, 0.2) is 0 Å². The standard InChI is InChI=1S/C18H19N3O2S/c1-12(18-20-15-5-3-4-6-16(15)21-18)24-11-17(22)19-13-7-9-14(23-2)10-8-13/h3-10,12H,11H2,1-2H3,(H,19,22)(H,20,21)/t12-/m0/s1. The fraction of sp³-hybridized carbons (Fsp3) is 0.222. The third-order valence-corrected chi connectivity index (χ3v) is 4.78. The molecule has 0 bridgehead atoms. The fourth-order valence-corrected chi connectivity index (χ4v) is 3.06. The number of nitrogens with zero attached hydrogens (tertiary/aromatic N) is 1. The number of imidazole rings is 1. The van der Waals surface area contributed by atoms with E-state index >= 15 is 0 Å². The van der Waals surface area contributed by atoms with Crippen molar-refractivity contribution in [3.63, 3.8) is 0 Å². The average molecular weight is 341 g/mol. The maximum Gasteiger partial charge on any atom is 0.234 e. The van der Waals surface area contributed by atoms with E-state index in [2.05, 4.69) is 15.3 Å². The van der Waals surface area contributed by atoms with E-state index in [1.807, 2.05) is 55.5 Å². The van der Waals surface area contributed by atoms with Gasteiger partial charge in [-0.25, -0.2) is 4.98 Å². The number of H-pyrrole nitrogens is 1. The third kappa shape index (κ3) is 3.89. The Bertz CT molecular complexity index is 797. The van der Waals surface area contributed by atoms with Crippen LogP contribution in [0.2, 0.25) is 0 Å². The number of hydrogen-bond acceptors (Lipinski definition) is 4. The number of ether oxygens (including phenoxy) is 1. The van der Waals surface area contributed by atoms with Crippen LogP contribution in [0.15, 0.2) is 48.5 Å². The van der Waals surface area contributed by atoms with Crippen LogP contribution >= 0.6 is 11.8 Å². The molecule has 0 saturated carbocycles. The Morgan fingerprint density at radius 3 is 2.71 bits per heavy atom. The van der Waals surface area contributed by atoms with Gasteiger partial charge in [-0.2, -0.15) is 0 Å². The van der Waals surface area contributed by atoms with Crippen molar-refractivity contribution < 1.29 is 9.53 Å². The quantitative estimate of drug-likeness (QED) is 0.711. The van der Waals surface area contributed by atoms with Crippen molar-refractivity contribution in [3.05, 3.63) is 54.4 Å². The van der Waals surface area contributed by atoms with Gasteiger partial charge >= 0.3 is 0 Å². The van der Waals surface area contributed by atoms with E-state index in [9.17, 15) is 4.79 Å². The number of aromatic amines is 1. The molecule has 0 unspecified atom stereocenters. The van der Waals surface area contributed by atoms with Crippen molar-refractivity contribution in [1.82, 2.24) is 9.97 Å². The second-order valence-corrected chi connectivity index (χ2v) is 6.70. The number of anilines is 1. The number of rotatable bonds is 6. The van der Waals surface area contributed by atoms with Crippen LogP contribution in [-0.4, -0.2) is 28.7 Å². The highest BCUT2D eigenvalue weighted by Gasteiger charge is 2.13. The van der Waals surface area contributed by atoms with Gasteiger partial charge in [0.1, 0.15) is 11.6 Å². The number of para-hydroxylation sites is 2. The summed E-state index contributed by atoms with van der Waals surface area (Å²) in [6.45, 7) is 2.04. The van der Waals surface area contributed by atoms with Gasteiger partial charge in [0.25, 0.3) is 0 Å². The maximum atomic E-state index is 12.1. The molecule has 0 fully saturated rings. The summed E-state index contributed by atoms with van der Waals surface area (Å²) < 4.78 is 5.10. The lowest BCUT2D eigenvalue weighted by Gasteiger charge is -2.09. The fourth-order valence-electron chi connectivity index (χ4n) is 2.32. The largest absolute Gasteiger partial charge is 0.497 e. The zero-order valence-corrected chi connectivity index (χ0v) is 14.4. The Kier molecular flexibility index (Phi) is 5.05. The number of carbonyl (C=O) groups excluding carboxylic acids is 1. The summed E-state index contributed by atoms with van der Waals surface area (Å²) in [6, 6.07) is 15.2. The number of methoxy groups -OCH3 is 1. The lowest BCUT2D eigenvalue weighted by Crippen LogP contribution is -2.14. The molecule has 1 heterocycles. The number of nitrogens with one attached hydrogen (secondary N) is 2. The second-order valence-electron chi connectivity index (χ2n) is 5.37. The number of benzene rings is 2. The zero-order valence-electron chi connectivity index (χ0n) is 13.6. The van der Waals surface area contributed by atoms with Gasteiger partial charge in [-0.1, -0.05) is 12.1 Å². The molecule has 3 aromatic rings. The van der Waals surface area contributed by atoms with E-state index in [0.717, 1.165) is 28.3 Å². The van der Waals surface area contributed by atoms with Gasteiger partial charge in [0, 0.05) is 5.69 Å². The zero-order chi connectivity index (χ0) is 16.9. The number of thioether (sulfide) groups is 1. The Labute approximate surface area is 144 Å². The van der Waals surface area contributed by atoms with Gasteiger partial charge < -0.3 is 15.0 Å². The van der Waals surface area contributed by atoms with E-state index in [0.29, 0.717) is 5.75 Å². The lowest BCUT2D eigenvalue weighted by atomic mass is 10.3. The summed E-state index contributed by atoms with van der Waals surface area (Å²) >= 11 is 1.55. The van der Waals surface area contributed by atoms with Crippen LogP contribution < -0.4 is 10.1 Å². The summed E-state index contributed by atoms with van der Waals surface area (Å²) in [5.41, 5.74) is 2.73. The third-order valence-electron chi connectivity index (χ3n) is 3.63. The molecule has 0 spiro atoms. The van der Waals surface area contributed by atoms with Gasteiger partial charge in [-0.15, -0.1) is 11.8 Å².